The Morgan fingerprint density at radius 2 is 2.10 bits per heavy atom. The molecule has 0 saturated heterocycles. The van der Waals surface area contributed by atoms with E-state index in [1.54, 1.807) is 19.4 Å². The topological polar surface area (TPSA) is 82.2 Å². The molecule has 0 radical (unpaired) electrons. The molecule has 1 amide bonds. The van der Waals surface area contributed by atoms with Gasteiger partial charge in [-0.25, -0.2) is 0 Å². The minimum absolute atomic E-state index is 0.0829. The second kappa shape index (κ2) is 9.70. The number of nitrogens with zero attached hydrogens (tertiary/aromatic N) is 3. The molecule has 0 aliphatic carbocycles. The number of nitrogens with one attached hydrogen (secondary N) is 1. The molecule has 3 aromatic rings. The number of amides is 1. The molecule has 160 valence electrons. The summed E-state index contributed by atoms with van der Waals surface area (Å²) in [6.45, 7) is 0.306. The maximum atomic E-state index is 12.2. The summed E-state index contributed by atoms with van der Waals surface area (Å²) in [5, 5.41) is 10.9. The van der Waals surface area contributed by atoms with E-state index in [1.165, 1.54) is 11.8 Å². The van der Waals surface area contributed by atoms with Crippen LogP contribution in [0.15, 0.2) is 52.2 Å². The number of aromatic nitrogens is 3. The van der Waals surface area contributed by atoms with E-state index >= 15 is 0 Å². The van der Waals surface area contributed by atoms with Crippen molar-refractivity contribution >= 4 is 17.7 Å². The minimum atomic E-state index is -4.87. The fraction of sp³-hybridized carbons (Fsp3) is 0.316. The average molecular weight is 440 g/mol. The van der Waals surface area contributed by atoms with E-state index in [4.69, 9.17) is 9.15 Å². The normalized spacial score (nSPS) is 11.5. The van der Waals surface area contributed by atoms with E-state index in [-0.39, 0.29) is 6.54 Å². The average Bonchev–Trinajstić information content (AvgIpc) is 3.37. The van der Waals surface area contributed by atoms with Gasteiger partial charge in [-0.15, -0.1) is 10.2 Å². The van der Waals surface area contributed by atoms with Gasteiger partial charge >= 0.3 is 12.1 Å². The molecule has 0 bridgehead atoms. The van der Waals surface area contributed by atoms with Crippen LogP contribution in [-0.4, -0.2) is 46.3 Å². The van der Waals surface area contributed by atoms with Crippen molar-refractivity contribution in [2.75, 3.05) is 19.4 Å². The van der Waals surface area contributed by atoms with Crippen molar-refractivity contribution in [2.24, 2.45) is 0 Å². The number of furan rings is 1. The van der Waals surface area contributed by atoms with Gasteiger partial charge in [-0.05, 0) is 30.7 Å². The lowest BCUT2D eigenvalue weighted by Gasteiger charge is -2.10. The molecule has 0 saturated carbocycles. The molecule has 0 aliphatic rings. The van der Waals surface area contributed by atoms with Gasteiger partial charge in [-0.2, -0.15) is 13.2 Å². The van der Waals surface area contributed by atoms with Gasteiger partial charge in [0.05, 0.1) is 19.9 Å². The van der Waals surface area contributed by atoms with E-state index in [0.29, 0.717) is 41.2 Å². The first-order valence-electron chi connectivity index (χ1n) is 8.96. The van der Waals surface area contributed by atoms with Gasteiger partial charge in [0, 0.05) is 17.9 Å². The Labute approximate surface area is 174 Å². The number of carbonyl (C=O) groups is 1. The molecule has 1 N–H and O–H groups in total. The highest BCUT2D eigenvalue weighted by Crippen LogP contribution is 2.27. The molecule has 7 nitrogen and oxygen atoms in total. The largest absolute Gasteiger partial charge is 0.497 e. The number of benzene rings is 1. The maximum Gasteiger partial charge on any atom is 0.471 e. The highest BCUT2D eigenvalue weighted by Gasteiger charge is 2.38. The summed E-state index contributed by atoms with van der Waals surface area (Å²) < 4.78 is 49.2. The zero-order valence-corrected chi connectivity index (χ0v) is 16.8. The van der Waals surface area contributed by atoms with Crippen LogP contribution in [0.5, 0.6) is 5.75 Å². The van der Waals surface area contributed by atoms with Gasteiger partial charge in [0.15, 0.2) is 11.0 Å². The van der Waals surface area contributed by atoms with Gasteiger partial charge < -0.3 is 14.5 Å². The summed E-state index contributed by atoms with van der Waals surface area (Å²) >= 11 is 1.34. The lowest BCUT2D eigenvalue weighted by atomic mass is 10.2. The van der Waals surface area contributed by atoms with Crippen LogP contribution in [-0.2, 0) is 11.3 Å². The number of thioether (sulfide) groups is 1. The molecule has 30 heavy (non-hydrogen) atoms. The summed E-state index contributed by atoms with van der Waals surface area (Å²) in [6.07, 6.45) is -2.96. The Bertz CT molecular complexity index is 974. The minimum Gasteiger partial charge on any atom is -0.497 e. The molecule has 0 aliphatic heterocycles. The summed E-state index contributed by atoms with van der Waals surface area (Å²) in [5.74, 6) is 0.506. The molecule has 2 aromatic heterocycles. The predicted molar refractivity (Wildman–Crippen MR) is 104 cm³/mol. The zero-order chi connectivity index (χ0) is 21.6. The first kappa shape index (κ1) is 21.8. The molecule has 0 unspecified atom stereocenters. The summed E-state index contributed by atoms with van der Waals surface area (Å²) in [5.41, 5.74) is 0.803. The lowest BCUT2D eigenvalue weighted by Crippen LogP contribution is -2.37. The maximum absolute atomic E-state index is 12.2. The fourth-order valence-corrected chi connectivity index (χ4v) is 3.49. The van der Waals surface area contributed by atoms with Gasteiger partial charge in [0.2, 0.25) is 0 Å². The van der Waals surface area contributed by atoms with E-state index < -0.39 is 12.1 Å². The van der Waals surface area contributed by atoms with E-state index in [1.807, 2.05) is 40.2 Å². The van der Waals surface area contributed by atoms with Crippen molar-refractivity contribution in [3.63, 3.8) is 0 Å². The number of ether oxygens (including phenoxy) is 1. The summed E-state index contributed by atoms with van der Waals surface area (Å²) in [7, 11) is 1.57. The Morgan fingerprint density at radius 3 is 2.80 bits per heavy atom. The lowest BCUT2D eigenvalue weighted by molar-refractivity contribution is -0.173. The fourth-order valence-electron chi connectivity index (χ4n) is 2.61. The highest BCUT2D eigenvalue weighted by atomic mass is 32.2. The number of hydrogen-bond donors (Lipinski definition) is 1. The number of alkyl halides is 3. The number of halogens is 3. The highest BCUT2D eigenvalue weighted by molar-refractivity contribution is 7.99. The third-order valence-corrected chi connectivity index (χ3v) is 5.09. The number of methoxy groups -OCH3 is 1. The quantitative estimate of drug-likeness (QED) is 0.403. The number of rotatable bonds is 9. The van der Waals surface area contributed by atoms with Crippen LogP contribution in [0.3, 0.4) is 0 Å². The molecular formula is C19H19F3N4O3S. The van der Waals surface area contributed by atoms with Crippen LogP contribution in [0.2, 0.25) is 0 Å². The van der Waals surface area contributed by atoms with E-state index in [9.17, 15) is 18.0 Å². The van der Waals surface area contributed by atoms with Gasteiger partial charge in [0.25, 0.3) is 0 Å². The van der Waals surface area contributed by atoms with Crippen LogP contribution in [0.25, 0.3) is 11.4 Å². The van der Waals surface area contributed by atoms with Crippen molar-refractivity contribution in [3.8, 4) is 17.1 Å². The van der Waals surface area contributed by atoms with Crippen molar-refractivity contribution in [1.82, 2.24) is 20.1 Å². The monoisotopic (exact) mass is 440 g/mol. The van der Waals surface area contributed by atoms with Crippen LogP contribution in [0, 0.1) is 0 Å². The molecule has 0 fully saturated rings. The molecule has 0 atom stereocenters. The Balaban J connectivity index is 1.71. The first-order valence-corrected chi connectivity index (χ1v) is 9.95. The molecular weight excluding hydrogens is 421 g/mol. The Kier molecular flexibility index (Phi) is 7.03. The Hall–Kier alpha value is -2.95. The van der Waals surface area contributed by atoms with E-state index in [0.717, 1.165) is 5.56 Å². The summed E-state index contributed by atoms with van der Waals surface area (Å²) in [6, 6.07) is 11.0. The van der Waals surface area contributed by atoms with Gasteiger partial charge in [-0.3, -0.25) is 9.36 Å². The molecule has 1 aromatic carbocycles. The smallest absolute Gasteiger partial charge is 0.471 e. The van der Waals surface area contributed by atoms with Crippen LogP contribution in [0.1, 0.15) is 12.2 Å². The predicted octanol–water partition coefficient (Wildman–Crippen LogP) is 3.76. The zero-order valence-electron chi connectivity index (χ0n) is 16.0. The van der Waals surface area contributed by atoms with Crippen molar-refractivity contribution < 1.29 is 27.1 Å². The van der Waals surface area contributed by atoms with Crippen molar-refractivity contribution in [1.29, 1.82) is 0 Å². The second-order valence-corrected chi connectivity index (χ2v) is 7.22. The number of carbonyl (C=O) groups excluding carboxylic acids is 1. The first-order chi connectivity index (χ1) is 14.4. The van der Waals surface area contributed by atoms with Gasteiger partial charge in [0.1, 0.15) is 11.5 Å². The van der Waals surface area contributed by atoms with Gasteiger partial charge in [-0.1, -0.05) is 23.9 Å². The molecule has 2 heterocycles. The molecule has 3 rings (SSSR count). The second-order valence-electron chi connectivity index (χ2n) is 6.16. The van der Waals surface area contributed by atoms with E-state index in [2.05, 4.69) is 10.2 Å². The van der Waals surface area contributed by atoms with Crippen LogP contribution < -0.4 is 10.1 Å². The number of hydrogen-bond acceptors (Lipinski definition) is 6. The van der Waals surface area contributed by atoms with Crippen LogP contribution >= 0.6 is 11.8 Å². The summed E-state index contributed by atoms with van der Waals surface area (Å²) in [4.78, 5) is 10.9. The molecule has 11 heteroatoms. The third kappa shape index (κ3) is 5.56. The molecule has 0 spiro atoms. The van der Waals surface area contributed by atoms with Crippen LogP contribution in [0.4, 0.5) is 13.2 Å². The van der Waals surface area contributed by atoms with Crippen molar-refractivity contribution in [3.05, 3.63) is 48.4 Å². The van der Waals surface area contributed by atoms with Crippen molar-refractivity contribution in [2.45, 2.75) is 24.3 Å². The SMILES string of the molecule is COc1cccc(-c2nnc(SCCCNC(=O)C(F)(F)F)n2Cc2ccco2)c1. The third-order valence-electron chi connectivity index (χ3n) is 4.03. The Morgan fingerprint density at radius 1 is 1.27 bits per heavy atom. The standard InChI is InChI=1S/C19H19F3N4O3S/c1-28-14-6-2-5-13(11-14)16-24-25-18(26(16)12-15-7-3-9-29-15)30-10-4-8-23-17(27)19(20,21)22/h2-3,5-7,9,11H,4,8,10,12H2,1H3,(H,23,27).